The van der Waals surface area contributed by atoms with Crippen LogP contribution in [0.4, 0.5) is 10.5 Å². The number of urea groups is 1. The second kappa shape index (κ2) is 7.45. The zero-order valence-corrected chi connectivity index (χ0v) is 14.6. The Morgan fingerprint density at radius 2 is 2.13 bits per heavy atom. The average molecular weight is 341 g/mol. The first-order chi connectivity index (χ1) is 10.8. The predicted octanol–water partition coefficient (Wildman–Crippen LogP) is 3.05. The third-order valence-corrected chi connectivity index (χ3v) is 5.57. The lowest BCUT2D eigenvalue weighted by molar-refractivity contribution is 0.209. The highest BCUT2D eigenvalue weighted by Gasteiger charge is 2.30. The molecular weight excluding hydrogens is 317 g/mol. The number of hydrogen-bond donors (Lipinski definition) is 2. The highest BCUT2D eigenvalue weighted by atomic mass is 31.2. The molecule has 1 aromatic carbocycles. The molecule has 0 aliphatic carbocycles. The molecule has 0 spiro atoms. The lowest BCUT2D eigenvalue weighted by Crippen LogP contribution is -2.29. The minimum atomic E-state index is -4.10. The Morgan fingerprint density at radius 3 is 2.65 bits per heavy atom. The van der Waals surface area contributed by atoms with Crippen LogP contribution >= 0.6 is 7.75 Å². The van der Waals surface area contributed by atoms with E-state index in [9.17, 15) is 14.3 Å². The molecule has 2 atom stereocenters. The molecular formula is C15H24N3O4P. The number of carbonyl (C=O) groups is 1. The van der Waals surface area contributed by atoms with Gasteiger partial charge in [0.1, 0.15) is 0 Å². The number of anilines is 1. The molecule has 0 aromatic heterocycles. The number of hydrogen-bond acceptors (Lipinski definition) is 4. The van der Waals surface area contributed by atoms with Crippen LogP contribution in [0.15, 0.2) is 24.3 Å². The fourth-order valence-electron chi connectivity index (χ4n) is 2.69. The van der Waals surface area contributed by atoms with Gasteiger partial charge in [0.2, 0.25) is 0 Å². The smallest absolute Gasteiger partial charge is 0.308 e. The van der Waals surface area contributed by atoms with Crippen molar-refractivity contribution in [1.82, 2.24) is 9.57 Å². The molecule has 0 saturated carbocycles. The number of likely N-dealkylation sites (tertiary alicyclic amines) is 1. The lowest BCUT2D eigenvalue weighted by Gasteiger charge is -2.23. The van der Waals surface area contributed by atoms with E-state index in [2.05, 4.69) is 17.3 Å². The summed E-state index contributed by atoms with van der Waals surface area (Å²) in [6.45, 7) is 2.74. The Balaban J connectivity index is 2.00. The van der Waals surface area contributed by atoms with Gasteiger partial charge in [-0.15, -0.1) is 0 Å². The first-order valence-corrected chi connectivity index (χ1v) is 9.21. The van der Waals surface area contributed by atoms with Crippen molar-refractivity contribution in [2.24, 2.45) is 0 Å². The summed E-state index contributed by atoms with van der Waals surface area (Å²) < 4.78 is 17.2. The molecule has 1 aromatic rings. The van der Waals surface area contributed by atoms with E-state index in [-0.39, 0.29) is 6.61 Å². The first kappa shape index (κ1) is 17.9. The van der Waals surface area contributed by atoms with Gasteiger partial charge >= 0.3 is 13.8 Å². The van der Waals surface area contributed by atoms with Crippen molar-refractivity contribution in [1.29, 1.82) is 0 Å². The molecule has 1 heterocycles. The van der Waals surface area contributed by atoms with E-state index < -0.39 is 13.8 Å². The minimum absolute atomic E-state index is 0.0506. The van der Waals surface area contributed by atoms with E-state index in [1.54, 1.807) is 19.1 Å². The number of benzene rings is 1. The summed E-state index contributed by atoms with van der Waals surface area (Å²) in [4.78, 5) is 24.0. The zero-order chi connectivity index (χ0) is 17.0. The number of carbonyl (C=O) groups excluding carboxylic acids is 1. The van der Waals surface area contributed by atoms with Crippen molar-refractivity contribution in [3.63, 3.8) is 0 Å². The molecule has 128 valence electrons. The van der Waals surface area contributed by atoms with E-state index in [1.165, 1.54) is 19.0 Å². The van der Waals surface area contributed by atoms with Gasteiger partial charge in [-0.2, -0.15) is 0 Å². The van der Waals surface area contributed by atoms with Crippen molar-refractivity contribution >= 4 is 19.5 Å². The van der Waals surface area contributed by atoms with Gasteiger partial charge in [-0.1, -0.05) is 12.1 Å². The Labute approximate surface area is 136 Å². The fourth-order valence-corrected chi connectivity index (χ4v) is 3.48. The molecule has 1 aliphatic rings. The number of amides is 2. The van der Waals surface area contributed by atoms with Crippen molar-refractivity contribution in [2.45, 2.75) is 25.8 Å². The predicted molar refractivity (Wildman–Crippen MR) is 89.3 cm³/mol. The van der Waals surface area contributed by atoms with Crippen molar-refractivity contribution in [2.75, 3.05) is 32.6 Å². The van der Waals surface area contributed by atoms with Crippen molar-refractivity contribution in [3.8, 4) is 0 Å². The van der Waals surface area contributed by atoms with Crippen LogP contribution in [-0.2, 0) is 9.09 Å². The molecule has 7 nitrogen and oxygen atoms in total. The van der Waals surface area contributed by atoms with Gasteiger partial charge in [0.15, 0.2) is 0 Å². The second-order valence-electron chi connectivity index (χ2n) is 5.62. The maximum atomic E-state index is 12.0. The van der Waals surface area contributed by atoms with Gasteiger partial charge < -0.3 is 10.2 Å². The summed E-state index contributed by atoms with van der Waals surface area (Å²) in [6.07, 6.45) is 2.32. The topological polar surface area (TPSA) is 82.1 Å². The Morgan fingerprint density at radius 1 is 1.48 bits per heavy atom. The molecule has 8 heteroatoms. The molecule has 0 radical (unpaired) electrons. The maximum Gasteiger partial charge on any atom is 0.436 e. The quantitative estimate of drug-likeness (QED) is 0.805. The second-order valence-corrected chi connectivity index (χ2v) is 7.46. The van der Waals surface area contributed by atoms with Crippen molar-refractivity contribution in [3.05, 3.63) is 29.8 Å². The summed E-state index contributed by atoms with van der Waals surface area (Å²) in [7, 11) is -0.761. The van der Waals surface area contributed by atoms with Crippen LogP contribution in [0.2, 0.25) is 0 Å². The summed E-state index contributed by atoms with van der Waals surface area (Å²) >= 11 is 0. The SMILES string of the molecule is CCOP(=O)(O)N(C)C(=O)Nc1ccc(C2CCCN2C)cc1. The largest absolute Gasteiger partial charge is 0.436 e. The average Bonchev–Trinajstić information content (AvgIpc) is 2.93. The van der Waals surface area contributed by atoms with E-state index in [1.807, 2.05) is 12.1 Å². The number of rotatable bonds is 5. The number of nitrogens with zero attached hydrogens (tertiary/aromatic N) is 2. The van der Waals surface area contributed by atoms with Crippen LogP contribution in [0, 0.1) is 0 Å². The van der Waals surface area contributed by atoms with Crippen LogP contribution in [0.25, 0.3) is 0 Å². The molecule has 1 aliphatic heterocycles. The number of nitrogens with one attached hydrogen (secondary N) is 1. The van der Waals surface area contributed by atoms with Gasteiger partial charge in [0.05, 0.1) is 6.61 Å². The van der Waals surface area contributed by atoms with E-state index in [0.717, 1.165) is 13.0 Å². The lowest BCUT2D eigenvalue weighted by atomic mass is 10.0. The van der Waals surface area contributed by atoms with Crippen LogP contribution in [0.5, 0.6) is 0 Å². The summed E-state index contributed by atoms with van der Waals surface area (Å²) in [6, 6.07) is 7.28. The monoisotopic (exact) mass is 341 g/mol. The van der Waals surface area contributed by atoms with Gasteiger partial charge in [-0.3, -0.25) is 9.42 Å². The molecule has 0 bridgehead atoms. The summed E-state index contributed by atoms with van der Waals surface area (Å²) in [5.74, 6) is 0. The maximum absolute atomic E-state index is 12.0. The minimum Gasteiger partial charge on any atom is -0.308 e. The van der Waals surface area contributed by atoms with E-state index in [4.69, 9.17) is 4.52 Å². The standard InChI is InChI=1S/C15H24N3O4P/c1-4-22-23(20,21)18(3)15(19)16-13-9-7-12(8-10-13)14-6-5-11-17(14)2/h7-10,14H,4-6,11H2,1-3H3,(H,16,19)(H,20,21). The Hall–Kier alpha value is -1.40. The van der Waals surface area contributed by atoms with Gasteiger partial charge in [0, 0.05) is 18.8 Å². The summed E-state index contributed by atoms with van der Waals surface area (Å²) in [5.41, 5.74) is 1.78. The van der Waals surface area contributed by atoms with Gasteiger partial charge in [-0.05, 0) is 51.1 Å². The zero-order valence-electron chi connectivity index (χ0n) is 13.7. The van der Waals surface area contributed by atoms with Crippen LogP contribution in [0.3, 0.4) is 0 Å². The fraction of sp³-hybridized carbons (Fsp3) is 0.533. The molecule has 23 heavy (non-hydrogen) atoms. The van der Waals surface area contributed by atoms with Crippen molar-refractivity contribution < 1.29 is 18.8 Å². The molecule has 1 saturated heterocycles. The van der Waals surface area contributed by atoms with Gasteiger partial charge in [-0.25, -0.2) is 14.0 Å². The first-order valence-electron chi connectivity index (χ1n) is 7.68. The summed E-state index contributed by atoms with van der Waals surface area (Å²) in [5, 5.41) is 2.60. The Kier molecular flexibility index (Phi) is 5.81. The highest BCUT2D eigenvalue weighted by molar-refractivity contribution is 7.51. The van der Waals surface area contributed by atoms with Crippen LogP contribution in [0.1, 0.15) is 31.4 Å². The molecule has 2 unspecified atom stereocenters. The van der Waals surface area contributed by atoms with E-state index in [0.29, 0.717) is 16.4 Å². The van der Waals surface area contributed by atoms with Crippen LogP contribution < -0.4 is 5.32 Å². The third kappa shape index (κ3) is 4.32. The normalized spacial score (nSPS) is 21.0. The van der Waals surface area contributed by atoms with Gasteiger partial charge in [0.25, 0.3) is 0 Å². The molecule has 1 fully saturated rings. The molecule has 2 N–H and O–H groups in total. The van der Waals surface area contributed by atoms with E-state index >= 15 is 0 Å². The Bertz CT molecular complexity index is 593. The third-order valence-electron chi connectivity index (χ3n) is 4.04. The highest BCUT2D eigenvalue weighted by Crippen LogP contribution is 2.45. The van der Waals surface area contributed by atoms with Crippen LogP contribution in [-0.4, -0.2) is 47.7 Å². The molecule has 2 rings (SSSR count). The molecule has 2 amide bonds.